The topological polar surface area (TPSA) is 99.6 Å². The van der Waals surface area contributed by atoms with Gasteiger partial charge in [0, 0.05) is 24.3 Å². The Labute approximate surface area is 152 Å². The fourth-order valence-corrected chi connectivity index (χ4v) is 2.61. The Bertz CT molecular complexity index is 876. The Morgan fingerprint density at radius 2 is 1.92 bits per heavy atom. The van der Waals surface area contributed by atoms with Gasteiger partial charge < -0.3 is 14.9 Å². The summed E-state index contributed by atoms with van der Waals surface area (Å²) in [5.74, 6) is -0.549. The minimum Gasteiger partial charge on any atom is -0.459 e. The smallest absolute Gasteiger partial charge is 0.336 e. The monoisotopic (exact) mass is 359 g/mol. The summed E-state index contributed by atoms with van der Waals surface area (Å²) < 4.78 is 10.4. The van der Waals surface area contributed by atoms with Gasteiger partial charge in [0.1, 0.15) is 23.0 Å². The van der Waals surface area contributed by atoms with E-state index in [-0.39, 0.29) is 25.0 Å². The molecule has 1 atom stereocenters. The van der Waals surface area contributed by atoms with Gasteiger partial charge in [-0.25, -0.2) is 4.79 Å². The lowest BCUT2D eigenvalue weighted by atomic mass is 10.0. The first-order valence-electron chi connectivity index (χ1n) is 8.59. The van der Waals surface area contributed by atoms with Gasteiger partial charge in [-0.1, -0.05) is 12.1 Å². The number of nitrogens with two attached hydrogens (primary N) is 1. The molecular weight excluding hydrogens is 334 g/mol. The van der Waals surface area contributed by atoms with E-state index in [9.17, 15) is 14.4 Å². The van der Waals surface area contributed by atoms with E-state index in [1.165, 1.54) is 6.07 Å². The molecule has 140 valence electrons. The van der Waals surface area contributed by atoms with Gasteiger partial charge in [-0.05, 0) is 51.3 Å². The molecule has 1 aromatic heterocycles. The fraction of sp³-hybridized carbons (Fsp3) is 0.450. The van der Waals surface area contributed by atoms with Crippen LogP contribution in [0.4, 0.5) is 0 Å². The molecular formula is C20H25NO5. The third kappa shape index (κ3) is 5.52. The van der Waals surface area contributed by atoms with E-state index in [2.05, 4.69) is 0 Å². The highest BCUT2D eigenvalue weighted by Crippen LogP contribution is 2.19. The normalized spacial score (nSPS) is 12.8. The van der Waals surface area contributed by atoms with E-state index in [4.69, 9.17) is 14.9 Å². The Morgan fingerprint density at radius 3 is 2.58 bits per heavy atom. The number of fused-ring (bicyclic) bond motifs is 1. The van der Waals surface area contributed by atoms with E-state index in [0.29, 0.717) is 5.58 Å². The molecule has 0 saturated carbocycles. The number of ketones is 1. The number of carbonyl (C=O) groups is 2. The van der Waals surface area contributed by atoms with Crippen molar-refractivity contribution < 1.29 is 18.7 Å². The quantitative estimate of drug-likeness (QED) is 0.629. The van der Waals surface area contributed by atoms with Crippen molar-refractivity contribution in [1.82, 2.24) is 0 Å². The van der Waals surface area contributed by atoms with Crippen molar-refractivity contribution >= 4 is 22.7 Å². The molecule has 0 radical (unpaired) electrons. The SMILES string of the molecule is Cc1cc(=O)oc2cc(CC(=O)CC[C@H](N)C(=O)OC(C)(C)C)ccc12. The summed E-state index contributed by atoms with van der Waals surface area (Å²) in [4.78, 5) is 35.5. The van der Waals surface area contributed by atoms with Crippen LogP contribution < -0.4 is 11.4 Å². The summed E-state index contributed by atoms with van der Waals surface area (Å²) in [5.41, 5.74) is 6.82. The number of ether oxygens (including phenoxy) is 1. The number of hydrogen-bond donors (Lipinski definition) is 1. The van der Waals surface area contributed by atoms with Crippen LogP contribution in [-0.2, 0) is 20.7 Å². The molecule has 0 unspecified atom stereocenters. The molecule has 0 fully saturated rings. The molecule has 2 N–H and O–H groups in total. The fourth-order valence-electron chi connectivity index (χ4n) is 2.61. The predicted octanol–water partition coefficient (Wildman–Crippen LogP) is 2.66. The first-order chi connectivity index (χ1) is 12.0. The molecule has 1 heterocycles. The number of rotatable bonds is 6. The van der Waals surface area contributed by atoms with Crippen LogP contribution in [0.5, 0.6) is 0 Å². The molecule has 6 nitrogen and oxygen atoms in total. The summed E-state index contributed by atoms with van der Waals surface area (Å²) >= 11 is 0. The molecule has 0 bridgehead atoms. The zero-order valence-corrected chi connectivity index (χ0v) is 15.6. The summed E-state index contributed by atoms with van der Waals surface area (Å²) in [6.07, 6.45) is 0.598. The van der Waals surface area contributed by atoms with E-state index in [1.54, 1.807) is 26.8 Å². The predicted molar refractivity (Wildman–Crippen MR) is 99.0 cm³/mol. The average Bonchev–Trinajstić information content (AvgIpc) is 2.50. The van der Waals surface area contributed by atoms with Gasteiger partial charge in [0.15, 0.2) is 0 Å². The molecule has 0 amide bonds. The lowest BCUT2D eigenvalue weighted by Crippen LogP contribution is -2.37. The van der Waals surface area contributed by atoms with Crippen LogP contribution >= 0.6 is 0 Å². The van der Waals surface area contributed by atoms with Crippen molar-refractivity contribution in [3.05, 3.63) is 45.8 Å². The second-order valence-electron chi connectivity index (χ2n) is 7.47. The molecule has 0 aliphatic heterocycles. The highest BCUT2D eigenvalue weighted by Gasteiger charge is 2.22. The summed E-state index contributed by atoms with van der Waals surface area (Å²) in [6, 6.07) is 5.99. The zero-order valence-electron chi connectivity index (χ0n) is 15.6. The van der Waals surface area contributed by atoms with Gasteiger partial charge in [-0.15, -0.1) is 0 Å². The zero-order chi connectivity index (χ0) is 19.5. The van der Waals surface area contributed by atoms with E-state index >= 15 is 0 Å². The van der Waals surface area contributed by atoms with Gasteiger partial charge in [-0.2, -0.15) is 0 Å². The van der Waals surface area contributed by atoms with Crippen molar-refractivity contribution in [1.29, 1.82) is 0 Å². The molecule has 2 rings (SSSR count). The van der Waals surface area contributed by atoms with Crippen molar-refractivity contribution in [2.24, 2.45) is 5.73 Å². The first-order valence-corrected chi connectivity index (χ1v) is 8.59. The third-order valence-corrected chi connectivity index (χ3v) is 3.86. The maximum Gasteiger partial charge on any atom is 0.336 e. The Hall–Kier alpha value is -2.47. The molecule has 0 saturated heterocycles. The standard InChI is InChI=1S/C20H25NO5/c1-12-9-18(23)25-17-11-13(5-7-15(12)17)10-14(22)6-8-16(21)19(24)26-20(2,3)4/h5,7,9,11,16H,6,8,10,21H2,1-4H3/t16-/m0/s1. The molecule has 6 heteroatoms. The number of hydrogen-bond acceptors (Lipinski definition) is 6. The number of carbonyl (C=O) groups excluding carboxylic acids is 2. The van der Waals surface area contributed by atoms with Gasteiger partial charge in [0.05, 0.1) is 0 Å². The second-order valence-corrected chi connectivity index (χ2v) is 7.47. The highest BCUT2D eigenvalue weighted by molar-refractivity contribution is 5.85. The summed E-state index contributed by atoms with van der Waals surface area (Å²) in [6.45, 7) is 7.13. The van der Waals surface area contributed by atoms with Crippen LogP contribution in [0.3, 0.4) is 0 Å². The molecule has 1 aromatic carbocycles. The van der Waals surface area contributed by atoms with Gasteiger partial charge in [0.2, 0.25) is 0 Å². The Balaban J connectivity index is 1.96. The maximum atomic E-state index is 12.2. The minimum absolute atomic E-state index is 0.0432. The maximum absolute atomic E-state index is 12.2. The largest absolute Gasteiger partial charge is 0.459 e. The lowest BCUT2D eigenvalue weighted by Gasteiger charge is -2.22. The summed E-state index contributed by atoms with van der Waals surface area (Å²) in [5, 5.41) is 0.841. The number of benzene rings is 1. The number of Topliss-reactive ketones (excluding diaryl/α,β-unsaturated/α-hetero) is 1. The summed E-state index contributed by atoms with van der Waals surface area (Å²) in [7, 11) is 0. The van der Waals surface area contributed by atoms with Crippen LogP contribution in [0, 0.1) is 6.92 Å². The van der Waals surface area contributed by atoms with Crippen LogP contribution in [0.15, 0.2) is 33.5 Å². The van der Waals surface area contributed by atoms with E-state index in [1.807, 2.05) is 19.1 Å². The van der Waals surface area contributed by atoms with E-state index < -0.39 is 23.2 Å². The van der Waals surface area contributed by atoms with Gasteiger partial charge in [-0.3, -0.25) is 9.59 Å². The number of esters is 1. The average molecular weight is 359 g/mol. The van der Waals surface area contributed by atoms with E-state index in [0.717, 1.165) is 16.5 Å². The minimum atomic E-state index is -0.824. The molecule has 0 spiro atoms. The first kappa shape index (κ1) is 19.8. The van der Waals surface area contributed by atoms with Gasteiger partial charge in [0.25, 0.3) is 0 Å². The molecule has 26 heavy (non-hydrogen) atoms. The van der Waals surface area contributed by atoms with Gasteiger partial charge >= 0.3 is 11.6 Å². The molecule has 0 aliphatic carbocycles. The third-order valence-electron chi connectivity index (χ3n) is 3.86. The van der Waals surface area contributed by atoms with Crippen molar-refractivity contribution in [3.8, 4) is 0 Å². The Kier molecular flexibility index (Phi) is 5.97. The molecule has 0 aliphatic rings. The lowest BCUT2D eigenvalue weighted by molar-refractivity contribution is -0.156. The van der Waals surface area contributed by atoms with Crippen molar-refractivity contribution in [3.63, 3.8) is 0 Å². The van der Waals surface area contributed by atoms with Crippen molar-refractivity contribution in [2.75, 3.05) is 0 Å². The van der Waals surface area contributed by atoms with Crippen LogP contribution in [-0.4, -0.2) is 23.4 Å². The highest BCUT2D eigenvalue weighted by atomic mass is 16.6. The van der Waals surface area contributed by atoms with Crippen LogP contribution in [0.1, 0.15) is 44.7 Å². The Morgan fingerprint density at radius 1 is 1.23 bits per heavy atom. The van der Waals surface area contributed by atoms with Crippen LogP contribution in [0.25, 0.3) is 11.0 Å². The molecule has 2 aromatic rings. The number of aryl methyl sites for hydroxylation is 1. The second kappa shape index (κ2) is 7.83. The van der Waals surface area contributed by atoms with Crippen LogP contribution in [0.2, 0.25) is 0 Å². The van der Waals surface area contributed by atoms with Crippen molar-refractivity contribution in [2.45, 2.75) is 58.6 Å².